The quantitative estimate of drug-likeness (QED) is 0.821. The number of aromatic nitrogens is 2. The highest BCUT2D eigenvalue weighted by Gasteiger charge is 2.13. The average Bonchev–Trinajstić information content (AvgIpc) is 2.48. The first-order valence-electron chi connectivity index (χ1n) is 3.97. The van der Waals surface area contributed by atoms with E-state index in [0.717, 1.165) is 15.6 Å². The second kappa shape index (κ2) is 3.09. The fourth-order valence-electron chi connectivity index (χ4n) is 1.31. The Hall–Kier alpha value is -1.36. The third kappa shape index (κ3) is 1.29. The molecule has 0 atom stereocenters. The smallest absolute Gasteiger partial charge is 0.357 e. The minimum atomic E-state index is -1.02. The van der Waals surface area contributed by atoms with Gasteiger partial charge < -0.3 is 5.11 Å². The number of hydrogen-bond acceptors (Lipinski definition) is 2. The van der Waals surface area contributed by atoms with Crippen molar-refractivity contribution < 1.29 is 9.90 Å². The Balaban J connectivity index is 2.80. The number of rotatable bonds is 1. The molecule has 0 radical (unpaired) electrons. The fraction of sp³-hybridized carbons (Fsp3) is 0.111. The van der Waals surface area contributed by atoms with Crippen LogP contribution in [0, 0.1) is 6.92 Å². The Bertz CT molecular complexity index is 519. The van der Waals surface area contributed by atoms with E-state index in [1.165, 1.54) is 0 Å². The van der Waals surface area contributed by atoms with Gasteiger partial charge in [0.2, 0.25) is 0 Å². The van der Waals surface area contributed by atoms with Gasteiger partial charge >= 0.3 is 5.97 Å². The van der Waals surface area contributed by atoms with Crippen molar-refractivity contribution in [3.05, 3.63) is 27.9 Å². The summed E-state index contributed by atoms with van der Waals surface area (Å²) < 4.78 is 0.936. The second-order valence-electron chi connectivity index (χ2n) is 3.02. The molecule has 0 bridgehead atoms. The standard InChI is InChI=1S/C9H7BrN2O2/c1-4-2-5-7(3-6(4)10)11-12-8(5)9(13)14/h2-3H,1H3,(H,11,12)(H,13,14). The van der Waals surface area contributed by atoms with Gasteiger partial charge in [0.05, 0.1) is 5.52 Å². The Kier molecular flexibility index (Phi) is 2.03. The molecule has 1 heterocycles. The summed E-state index contributed by atoms with van der Waals surface area (Å²) in [6.07, 6.45) is 0. The SMILES string of the molecule is Cc1cc2c(C(=O)O)n[nH]c2cc1Br. The number of benzene rings is 1. The Morgan fingerprint density at radius 1 is 1.57 bits per heavy atom. The van der Waals surface area contributed by atoms with E-state index in [2.05, 4.69) is 26.1 Å². The van der Waals surface area contributed by atoms with Gasteiger partial charge in [0.25, 0.3) is 0 Å². The minimum Gasteiger partial charge on any atom is -0.476 e. The van der Waals surface area contributed by atoms with Crippen LogP contribution < -0.4 is 0 Å². The molecule has 0 aliphatic carbocycles. The highest BCUT2D eigenvalue weighted by atomic mass is 79.9. The van der Waals surface area contributed by atoms with Gasteiger partial charge in [-0.25, -0.2) is 4.79 Å². The van der Waals surface area contributed by atoms with Crippen LogP contribution in [0.1, 0.15) is 16.1 Å². The van der Waals surface area contributed by atoms with Gasteiger partial charge in [-0.3, -0.25) is 5.10 Å². The summed E-state index contributed by atoms with van der Waals surface area (Å²) >= 11 is 3.37. The molecule has 1 aromatic heterocycles. The first-order chi connectivity index (χ1) is 6.59. The van der Waals surface area contributed by atoms with E-state index in [0.29, 0.717) is 5.39 Å². The molecule has 1 aromatic carbocycles. The van der Waals surface area contributed by atoms with Gasteiger partial charge in [-0.05, 0) is 24.6 Å². The van der Waals surface area contributed by atoms with Gasteiger partial charge in [0.1, 0.15) is 0 Å². The summed E-state index contributed by atoms with van der Waals surface area (Å²) in [5.74, 6) is -1.02. The van der Waals surface area contributed by atoms with Gasteiger partial charge in [0, 0.05) is 9.86 Å². The third-order valence-electron chi connectivity index (χ3n) is 2.04. The molecule has 0 aliphatic heterocycles. The first kappa shape index (κ1) is 9.21. The van der Waals surface area contributed by atoms with Crippen LogP contribution in [0.5, 0.6) is 0 Å². The number of aromatic carboxylic acids is 1. The first-order valence-corrected chi connectivity index (χ1v) is 4.76. The van der Waals surface area contributed by atoms with E-state index in [1.807, 2.05) is 13.0 Å². The van der Waals surface area contributed by atoms with Crippen molar-refractivity contribution in [1.29, 1.82) is 0 Å². The maximum absolute atomic E-state index is 10.8. The molecule has 0 amide bonds. The predicted octanol–water partition coefficient (Wildman–Crippen LogP) is 2.33. The number of carboxylic acid groups (broad SMARTS) is 1. The van der Waals surface area contributed by atoms with Gasteiger partial charge in [-0.2, -0.15) is 5.10 Å². The number of fused-ring (bicyclic) bond motifs is 1. The number of nitrogens with one attached hydrogen (secondary N) is 1. The Morgan fingerprint density at radius 3 is 2.93 bits per heavy atom. The topological polar surface area (TPSA) is 66.0 Å². The number of hydrogen-bond donors (Lipinski definition) is 2. The highest BCUT2D eigenvalue weighted by molar-refractivity contribution is 9.10. The molecular weight excluding hydrogens is 248 g/mol. The van der Waals surface area contributed by atoms with Crippen LogP contribution in [0.3, 0.4) is 0 Å². The molecule has 14 heavy (non-hydrogen) atoms. The van der Waals surface area contributed by atoms with Crippen molar-refractivity contribution in [1.82, 2.24) is 10.2 Å². The van der Waals surface area contributed by atoms with Crippen LogP contribution in [0.25, 0.3) is 10.9 Å². The zero-order chi connectivity index (χ0) is 10.3. The Labute approximate surface area is 88.1 Å². The average molecular weight is 255 g/mol. The number of halogens is 1. The van der Waals surface area contributed by atoms with Crippen LogP contribution in [-0.4, -0.2) is 21.3 Å². The normalized spacial score (nSPS) is 10.7. The molecule has 4 nitrogen and oxygen atoms in total. The Morgan fingerprint density at radius 2 is 2.29 bits per heavy atom. The molecule has 0 unspecified atom stereocenters. The maximum Gasteiger partial charge on any atom is 0.357 e. The molecule has 5 heteroatoms. The summed E-state index contributed by atoms with van der Waals surface area (Å²) in [5, 5.41) is 15.9. The van der Waals surface area contributed by atoms with Crippen LogP contribution in [0.4, 0.5) is 0 Å². The van der Waals surface area contributed by atoms with E-state index in [1.54, 1.807) is 6.07 Å². The predicted molar refractivity (Wildman–Crippen MR) is 55.5 cm³/mol. The van der Waals surface area contributed by atoms with Crippen molar-refractivity contribution in [2.45, 2.75) is 6.92 Å². The van der Waals surface area contributed by atoms with E-state index in [-0.39, 0.29) is 5.69 Å². The minimum absolute atomic E-state index is 0.0654. The van der Waals surface area contributed by atoms with Crippen molar-refractivity contribution in [2.75, 3.05) is 0 Å². The number of carboxylic acids is 1. The van der Waals surface area contributed by atoms with Crippen molar-refractivity contribution >= 4 is 32.8 Å². The number of carbonyl (C=O) groups is 1. The molecule has 0 saturated heterocycles. The largest absolute Gasteiger partial charge is 0.476 e. The number of H-pyrrole nitrogens is 1. The lowest BCUT2D eigenvalue weighted by atomic mass is 10.1. The van der Waals surface area contributed by atoms with Crippen LogP contribution in [0.15, 0.2) is 16.6 Å². The zero-order valence-corrected chi connectivity index (χ0v) is 8.92. The molecule has 2 rings (SSSR count). The van der Waals surface area contributed by atoms with Crippen LogP contribution in [0.2, 0.25) is 0 Å². The molecule has 2 aromatic rings. The van der Waals surface area contributed by atoms with Gasteiger partial charge in [-0.1, -0.05) is 15.9 Å². The monoisotopic (exact) mass is 254 g/mol. The van der Waals surface area contributed by atoms with Crippen LogP contribution >= 0.6 is 15.9 Å². The molecule has 0 fully saturated rings. The zero-order valence-electron chi connectivity index (χ0n) is 7.34. The molecule has 0 spiro atoms. The highest BCUT2D eigenvalue weighted by Crippen LogP contribution is 2.24. The van der Waals surface area contributed by atoms with E-state index in [4.69, 9.17) is 5.11 Å². The molecule has 72 valence electrons. The van der Waals surface area contributed by atoms with Crippen LogP contribution in [-0.2, 0) is 0 Å². The summed E-state index contributed by atoms with van der Waals surface area (Å²) in [6, 6.07) is 3.62. The summed E-state index contributed by atoms with van der Waals surface area (Å²) in [4.78, 5) is 10.8. The molecule has 0 saturated carbocycles. The van der Waals surface area contributed by atoms with E-state index >= 15 is 0 Å². The second-order valence-corrected chi connectivity index (χ2v) is 3.88. The number of aryl methyl sites for hydroxylation is 1. The number of nitrogens with zero attached hydrogens (tertiary/aromatic N) is 1. The van der Waals surface area contributed by atoms with Crippen molar-refractivity contribution in [2.24, 2.45) is 0 Å². The van der Waals surface area contributed by atoms with Gasteiger partial charge in [0.15, 0.2) is 5.69 Å². The molecule has 0 aliphatic rings. The summed E-state index contributed by atoms with van der Waals surface area (Å²) in [7, 11) is 0. The maximum atomic E-state index is 10.8. The third-order valence-corrected chi connectivity index (χ3v) is 2.90. The van der Waals surface area contributed by atoms with Gasteiger partial charge in [-0.15, -0.1) is 0 Å². The van der Waals surface area contributed by atoms with E-state index < -0.39 is 5.97 Å². The van der Waals surface area contributed by atoms with E-state index in [9.17, 15) is 4.79 Å². The molecular formula is C9H7BrN2O2. The fourth-order valence-corrected chi connectivity index (χ4v) is 1.65. The lowest BCUT2D eigenvalue weighted by molar-refractivity contribution is 0.0692. The molecule has 2 N–H and O–H groups in total. The summed E-state index contributed by atoms with van der Waals surface area (Å²) in [6.45, 7) is 1.90. The lowest BCUT2D eigenvalue weighted by Crippen LogP contribution is -1.96. The number of aromatic amines is 1. The van der Waals surface area contributed by atoms with Crippen molar-refractivity contribution in [3.63, 3.8) is 0 Å². The lowest BCUT2D eigenvalue weighted by Gasteiger charge is -1.97. The van der Waals surface area contributed by atoms with Crippen molar-refractivity contribution in [3.8, 4) is 0 Å². The summed E-state index contributed by atoms with van der Waals surface area (Å²) in [5.41, 5.74) is 1.77.